The molecule has 120 valence electrons. The molecule has 1 heterocycles. The molecule has 1 aromatic carbocycles. The van der Waals surface area contributed by atoms with Gasteiger partial charge in [0.2, 0.25) is 10.0 Å². The molecule has 0 aliphatic carbocycles. The van der Waals surface area contributed by atoms with Crippen LogP contribution < -0.4 is 0 Å². The molecule has 0 radical (unpaired) electrons. The van der Waals surface area contributed by atoms with Crippen LogP contribution in [0.2, 0.25) is 0 Å². The molecule has 22 heavy (non-hydrogen) atoms. The van der Waals surface area contributed by atoms with E-state index in [0.29, 0.717) is 25.1 Å². The highest BCUT2D eigenvalue weighted by atomic mass is 32.2. The van der Waals surface area contributed by atoms with Gasteiger partial charge in [0, 0.05) is 18.7 Å². The van der Waals surface area contributed by atoms with Gasteiger partial charge in [-0.15, -0.1) is 0 Å². The molecule has 2 rings (SSSR count). The van der Waals surface area contributed by atoms with Crippen LogP contribution in [0.15, 0.2) is 34.7 Å². The lowest BCUT2D eigenvalue weighted by molar-refractivity contribution is -0.132. The van der Waals surface area contributed by atoms with Crippen molar-refractivity contribution in [3.63, 3.8) is 0 Å². The van der Waals surface area contributed by atoms with Crippen LogP contribution in [0.25, 0.3) is 6.08 Å². The van der Waals surface area contributed by atoms with Gasteiger partial charge in [-0.1, -0.05) is 25.5 Å². The second kappa shape index (κ2) is 7.07. The normalized spacial score (nSPS) is 17.4. The Hall–Kier alpha value is -1.66. The van der Waals surface area contributed by atoms with Crippen LogP contribution in [0.1, 0.15) is 38.2 Å². The number of nitrogens with zero attached hydrogens (tertiary/aromatic N) is 1. The molecule has 0 spiro atoms. The Balaban J connectivity index is 2.33. The fourth-order valence-electron chi connectivity index (χ4n) is 2.54. The Labute approximate surface area is 131 Å². The molecule has 0 saturated carbocycles. The second-order valence-electron chi connectivity index (χ2n) is 5.37. The second-order valence-corrected chi connectivity index (χ2v) is 7.30. The van der Waals surface area contributed by atoms with Gasteiger partial charge in [-0.3, -0.25) is 0 Å². The van der Waals surface area contributed by atoms with Gasteiger partial charge in [-0.05, 0) is 43.0 Å². The van der Waals surface area contributed by atoms with Crippen molar-refractivity contribution in [2.75, 3.05) is 13.1 Å². The van der Waals surface area contributed by atoms with Gasteiger partial charge < -0.3 is 5.11 Å². The van der Waals surface area contributed by atoms with Gasteiger partial charge in [0.25, 0.3) is 0 Å². The maximum Gasteiger partial charge on any atom is 0.331 e. The van der Waals surface area contributed by atoms with Crippen molar-refractivity contribution >= 4 is 22.1 Å². The molecule has 1 N–H and O–H groups in total. The first kappa shape index (κ1) is 16.7. The Morgan fingerprint density at radius 2 is 1.95 bits per heavy atom. The van der Waals surface area contributed by atoms with Crippen LogP contribution in [-0.2, 0) is 14.8 Å². The van der Waals surface area contributed by atoms with Crippen molar-refractivity contribution in [3.05, 3.63) is 35.4 Å². The predicted molar refractivity (Wildman–Crippen MR) is 85.0 cm³/mol. The molecule has 1 aliphatic heterocycles. The van der Waals surface area contributed by atoms with Crippen molar-refractivity contribution < 1.29 is 18.3 Å². The molecule has 0 atom stereocenters. The van der Waals surface area contributed by atoms with Gasteiger partial charge in [0.1, 0.15) is 0 Å². The summed E-state index contributed by atoms with van der Waals surface area (Å²) in [4.78, 5) is 11.3. The quantitative estimate of drug-likeness (QED) is 0.846. The van der Waals surface area contributed by atoms with E-state index in [1.807, 2.05) is 0 Å². The monoisotopic (exact) mass is 323 g/mol. The number of carbonyl (C=O) groups is 1. The van der Waals surface area contributed by atoms with Crippen LogP contribution >= 0.6 is 0 Å². The van der Waals surface area contributed by atoms with Crippen LogP contribution in [0.5, 0.6) is 0 Å². The first-order chi connectivity index (χ1) is 10.4. The number of benzene rings is 1. The molecule has 1 aliphatic rings. The Bertz CT molecular complexity index is 673. The molecule has 1 saturated heterocycles. The third-order valence-electron chi connectivity index (χ3n) is 3.81. The average molecular weight is 323 g/mol. The number of piperidine rings is 1. The third-order valence-corrected chi connectivity index (χ3v) is 5.70. The van der Waals surface area contributed by atoms with E-state index in [1.165, 1.54) is 10.4 Å². The van der Waals surface area contributed by atoms with Crippen LogP contribution in [-0.4, -0.2) is 36.9 Å². The van der Waals surface area contributed by atoms with Gasteiger partial charge in [-0.2, -0.15) is 4.31 Å². The minimum absolute atomic E-state index is 0.226. The predicted octanol–water partition coefficient (Wildman–Crippen LogP) is 2.74. The minimum atomic E-state index is -3.49. The summed E-state index contributed by atoms with van der Waals surface area (Å²) in [6.07, 6.45) is 4.75. The number of sulfonamides is 1. The molecular weight excluding hydrogens is 302 g/mol. The van der Waals surface area contributed by atoms with Crippen LogP contribution in [0.4, 0.5) is 0 Å². The van der Waals surface area contributed by atoms with E-state index in [1.54, 1.807) is 31.2 Å². The lowest BCUT2D eigenvalue weighted by Gasteiger charge is -2.25. The van der Waals surface area contributed by atoms with E-state index in [2.05, 4.69) is 0 Å². The standard InChI is InChI=1S/C16H21NO4S/c1-2-14(16(18)19)11-13-7-6-8-15(12-13)22(20,21)17-9-4-3-5-10-17/h6-8,11-12H,2-5,9-10H2,1H3,(H,18,19). The smallest absolute Gasteiger partial charge is 0.331 e. The molecule has 1 fully saturated rings. The highest BCUT2D eigenvalue weighted by Crippen LogP contribution is 2.22. The lowest BCUT2D eigenvalue weighted by atomic mass is 10.1. The van der Waals surface area contributed by atoms with Crippen LogP contribution in [0.3, 0.4) is 0 Å². The summed E-state index contributed by atoms with van der Waals surface area (Å²) in [5.41, 5.74) is 0.852. The zero-order valence-electron chi connectivity index (χ0n) is 12.7. The largest absolute Gasteiger partial charge is 0.478 e. The van der Waals surface area contributed by atoms with E-state index < -0.39 is 16.0 Å². The van der Waals surface area contributed by atoms with Crippen molar-refractivity contribution in [1.29, 1.82) is 0 Å². The summed E-state index contributed by atoms with van der Waals surface area (Å²) in [5.74, 6) is -0.980. The number of aliphatic carboxylic acids is 1. The average Bonchev–Trinajstić information content (AvgIpc) is 2.53. The summed E-state index contributed by atoms with van der Waals surface area (Å²) in [6, 6.07) is 6.47. The SMILES string of the molecule is CCC(=Cc1cccc(S(=O)(=O)N2CCCCC2)c1)C(=O)O. The van der Waals surface area contributed by atoms with Gasteiger partial charge >= 0.3 is 5.97 Å². The lowest BCUT2D eigenvalue weighted by Crippen LogP contribution is -2.35. The summed E-state index contributed by atoms with van der Waals surface area (Å²) >= 11 is 0. The summed E-state index contributed by atoms with van der Waals surface area (Å²) in [5, 5.41) is 9.07. The van der Waals surface area contributed by atoms with Crippen molar-refractivity contribution in [2.45, 2.75) is 37.5 Å². The van der Waals surface area contributed by atoms with Crippen molar-refractivity contribution in [3.8, 4) is 0 Å². The fourth-order valence-corrected chi connectivity index (χ4v) is 4.11. The fraction of sp³-hybridized carbons (Fsp3) is 0.438. The Morgan fingerprint density at radius 3 is 2.55 bits per heavy atom. The number of carboxylic acids is 1. The molecule has 0 amide bonds. The first-order valence-corrected chi connectivity index (χ1v) is 8.93. The maximum absolute atomic E-state index is 12.6. The molecule has 0 bridgehead atoms. The number of rotatable bonds is 5. The van der Waals surface area contributed by atoms with Gasteiger partial charge in [0.05, 0.1) is 4.90 Å². The van der Waals surface area contributed by atoms with E-state index in [4.69, 9.17) is 5.11 Å². The maximum atomic E-state index is 12.6. The van der Waals surface area contributed by atoms with Crippen molar-refractivity contribution in [2.24, 2.45) is 0 Å². The number of hydrogen-bond donors (Lipinski definition) is 1. The van der Waals surface area contributed by atoms with Gasteiger partial charge in [0.15, 0.2) is 0 Å². The Morgan fingerprint density at radius 1 is 1.27 bits per heavy atom. The summed E-state index contributed by atoms with van der Waals surface area (Å²) in [6.45, 7) is 2.86. The third kappa shape index (κ3) is 3.75. The van der Waals surface area contributed by atoms with Crippen LogP contribution in [0, 0.1) is 0 Å². The number of hydrogen-bond acceptors (Lipinski definition) is 3. The molecule has 0 unspecified atom stereocenters. The van der Waals surface area contributed by atoms with E-state index >= 15 is 0 Å². The zero-order valence-corrected chi connectivity index (χ0v) is 13.5. The van der Waals surface area contributed by atoms with E-state index in [9.17, 15) is 13.2 Å². The molecule has 0 aromatic heterocycles. The molecule has 1 aromatic rings. The van der Waals surface area contributed by atoms with Crippen molar-refractivity contribution in [1.82, 2.24) is 4.31 Å². The zero-order chi connectivity index (χ0) is 16.2. The first-order valence-electron chi connectivity index (χ1n) is 7.49. The summed E-state index contributed by atoms with van der Waals surface area (Å²) in [7, 11) is -3.49. The topological polar surface area (TPSA) is 74.7 Å². The minimum Gasteiger partial charge on any atom is -0.478 e. The highest BCUT2D eigenvalue weighted by Gasteiger charge is 2.25. The highest BCUT2D eigenvalue weighted by molar-refractivity contribution is 7.89. The molecular formula is C16H21NO4S. The van der Waals surface area contributed by atoms with E-state index in [0.717, 1.165) is 19.3 Å². The summed E-state index contributed by atoms with van der Waals surface area (Å²) < 4.78 is 26.7. The number of carboxylic acid groups (broad SMARTS) is 1. The molecule has 5 nitrogen and oxygen atoms in total. The van der Waals surface area contributed by atoms with Gasteiger partial charge in [-0.25, -0.2) is 13.2 Å². The molecule has 6 heteroatoms. The Kier molecular flexibility index (Phi) is 5.37. The van der Waals surface area contributed by atoms with E-state index in [-0.39, 0.29) is 10.5 Å².